The smallest absolute Gasteiger partial charge is 0.158 e. The van der Waals surface area contributed by atoms with E-state index >= 15 is 0 Å². The van der Waals surface area contributed by atoms with Crippen LogP contribution in [0.4, 0.5) is 11.6 Å². The van der Waals surface area contributed by atoms with Crippen molar-refractivity contribution in [1.82, 2.24) is 14.9 Å². The Morgan fingerprint density at radius 2 is 2.24 bits per heavy atom. The van der Waals surface area contributed by atoms with Crippen LogP contribution in [0.15, 0.2) is 6.07 Å². The molecule has 2 aliphatic rings. The van der Waals surface area contributed by atoms with Crippen LogP contribution in [0.5, 0.6) is 0 Å². The van der Waals surface area contributed by atoms with Gasteiger partial charge in [0.15, 0.2) is 5.82 Å². The topological polar surface area (TPSA) is 53.5 Å². The molecule has 0 radical (unpaired) electrons. The summed E-state index contributed by atoms with van der Waals surface area (Å²) >= 11 is 0. The number of ether oxygens (including phenoxy) is 1. The number of nitrogens with one attached hydrogen (secondary N) is 1. The van der Waals surface area contributed by atoms with E-state index in [0.717, 1.165) is 43.6 Å². The Kier molecular flexibility index (Phi) is 4.55. The summed E-state index contributed by atoms with van der Waals surface area (Å²) in [7, 11) is 1.68. The lowest BCUT2D eigenvalue weighted by Gasteiger charge is -2.38. The van der Waals surface area contributed by atoms with Crippen LogP contribution in [0.2, 0.25) is 0 Å². The Balaban J connectivity index is 1.79. The first-order chi connectivity index (χ1) is 10.3. The number of nitrogens with zero attached hydrogens (tertiary/aromatic N) is 4. The van der Waals surface area contributed by atoms with Gasteiger partial charge in [0.25, 0.3) is 0 Å². The van der Waals surface area contributed by atoms with Gasteiger partial charge in [0.2, 0.25) is 0 Å². The van der Waals surface area contributed by atoms with E-state index in [-0.39, 0.29) is 0 Å². The van der Waals surface area contributed by atoms with Crippen LogP contribution in [0, 0.1) is 0 Å². The van der Waals surface area contributed by atoms with Gasteiger partial charge in [0.1, 0.15) is 18.2 Å². The van der Waals surface area contributed by atoms with Gasteiger partial charge < -0.3 is 15.0 Å². The molecule has 6 heteroatoms. The minimum atomic E-state index is 0.454. The van der Waals surface area contributed by atoms with E-state index < -0.39 is 0 Å². The summed E-state index contributed by atoms with van der Waals surface area (Å²) in [6, 6.07) is 2.76. The molecule has 2 fully saturated rings. The SMILES string of the molecule is CCNc1cc(N2CCN3CCCC3C2)nc(COC)n1. The summed E-state index contributed by atoms with van der Waals surface area (Å²) in [5, 5.41) is 3.29. The molecule has 1 N–H and O–H groups in total. The number of aromatic nitrogens is 2. The highest BCUT2D eigenvalue weighted by Crippen LogP contribution is 2.25. The zero-order valence-corrected chi connectivity index (χ0v) is 13.0. The fourth-order valence-electron chi connectivity index (χ4n) is 3.31. The average molecular weight is 291 g/mol. The molecule has 21 heavy (non-hydrogen) atoms. The third-order valence-electron chi connectivity index (χ3n) is 4.30. The Hall–Kier alpha value is -1.40. The van der Waals surface area contributed by atoms with Crippen LogP contribution < -0.4 is 10.2 Å². The van der Waals surface area contributed by atoms with E-state index in [1.807, 2.05) is 0 Å². The van der Waals surface area contributed by atoms with Crippen molar-refractivity contribution in [3.8, 4) is 0 Å². The van der Waals surface area contributed by atoms with E-state index in [9.17, 15) is 0 Å². The van der Waals surface area contributed by atoms with Crippen LogP contribution >= 0.6 is 0 Å². The molecule has 0 amide bonds. The average Bonchev–Trinajstić information content (AvgIpc) is 2.95. The number of rotatable bonds is 5. The monoisotopic (exact) mass is 291 g/mol. The van der Waals surface area contributed by atoms with E-state index in [2.05, 4.69) is 38.1 Å². The fourth-order valence-corrected chi connectivity index (χ4v) is 3.31. The van der Waals surface area contributed by atoms with Gasteiger partial charge in [-0.25, -0.2) is 9.97 Å². The first-order valence-corrected chi connectivity index (χ1v) is 7.90. The van der Waals surface area contributed by atoms with Crippen molar-refractivity contribution in [3.63, 3.8) is 0 Å². The molecule has 3 rings (SSSR count). The summed E-state index contributed by atoms with van der Waals surface area (Å²) in [5.74, 6) is 2.67. The van der Waals surface area contributed by atoms with Crippen molar-refractivity contribution >= 4 is 11.6 Å². The molecule has 1 unspecified atom stereocenters. The van der Waals surface area contributed by atoms with Gasteiger partial charge in [0, 0.05) is 45.4 Å². The van der Waals surface area contributed by atoms with E-state index in [4.69, 9.17) is 4.74 Å². The zero-order valence-electron chi connectivity index (χ0n) is 13.0. The lowest BCUT2D eigenvalue weighted by Crippen LogP contribution is -2.50. The van der Waals surface area contributed by atoms with Crippen molar-refractivity contribution in [2.45, 2.75) is 32.4 Å². The van der Waals surface area contributed by atoms with Crippen molar-refractivity contribution in [2.24, 2.45) is 0 Å². The van der Waals surface area contributed by atoms with Crippen molar-refractivity contribution in [1.29, 1.82) is 0 Å². The summed E-state index contributed by atoms with van der Waals surface area (Å²) in [6.07, 6.45) is 2.65. The third kappa shape index (κ3) is 3.27. The second kappa shape index (κ2) is 6.58. The molecule has 1 aromatic heterocycles. The molecule has 116 valence electrons. The van der Waals surface area contributed by atoms with E-state index in [0.29, 0.717) is 12.6 Å². The van der Waals surface area contributed by atoms with Gasteiger partial charge in [-0.3, -0.25) is 4.90 Å². The molecule has 0 aromatic carbocycles. The number of hydrogen-bond acceptors (Lipinski definition) is 6. The Bertz CT molecular complexity index is 457. The molecular formula is C15H25N5O. The molecule has 1 aromatic rings. The first kappa shape index (κ1) is 14.5. The van der Waals surface area contributed by atoms with Crippen molar-refractivity contribution in [2.75, 3.05) is 50.1 Å². The summed E-state index contributed by atoms with van der Waals surface area (Å²) in [4.78, 5) is 14.2. The summed E-state index contributed by atoms with van der Waals surface area (Å²) in [5.41, 5.74) is 0. The van der Waals surface area contributed by atoms with Gasteiger partial charge in [-0.1, -0.05) is 0 Å². The lowest BCUT2D eigenvalue weighted by molar-refractivity contribution is 0.177. The lowest BCUT2D eigenvalue weighted by atomic mass is 10.1. The number of anilines is 2. The van der Waals surface area contributed by atoms with Crippen LogP contribution in [-0.4, -0.2) is 60.7 Å². The molecule has 2 saturated heterocycles. The highest BCUT2D eigenvalue weighted by Gasteiger charge is 2.31. The molecule has 2 aliphatic heterocycles. The Labute approximate surface area is 126 Å². The number of hydrogen-bond donors (Lipinski definition) is 1. The minimum Gasteiger partial charge on any atom is -0.377 e. The van der Waals surface area contributed by atoms with Crippen LogP contribution in [0.25, 0.3) is 0 Å². The first-order valence-electron chi connectivity index (χ1n) is 7.90. The quantitative estimate of drug-likeness (QED) is 0.883. The van der Waals surface area contributed by atoms with Gasteiger partial charge in [-0.2, -0.15) is 0 Å². The van der Waals surface area contributed by atoms with Crippen molar-refractivity contribution < 1.29 is 4.74 Å². The fraction of sp³-hybridized carbons (Fsp3) is 0.733. The standard InChI is InChI=1S/C15H25N5O/c1-3-16-13-9-15(18-14(17-13)11-21-2)20-8-7-19-6-4-5-12(19)10-20/h9,12H,3-8,10-11H2,1-2H3,(H,16,17,18). The predicted octanol–water partition coefficient (Wildman–Crippen LogP) is 1.34. The van der Waals surface area contributed by atoms with Gasteiger partial charge in [0.05, 0.1) is 0 Å². The maximum atomic E-state index is 5.19. The molecule has 6 nitrogen and oxygen atoms in total. The third-order valence-corrected chi connectivity index (χ3v) is 4.30. The number of piperazine rings is 1. The largest absolute Gasteiger partial charge is 0.377 e. The van der Waals surface area contributed by atoms with Crippen molar-refractivity contribution in [3.05, 3.63) is 11.9 Å². The Morgan fingerprint density at radius 3 is 3.05 bits per heavy atom. The Morgan fingerprint density at radius 1 is 1.33 bits per heavy atom. The van der Waals surface area contributed by atoms with Crippen LogP contribution in [0.3, 0.4) is 0 Å². The highest BCUT2D eigenvalue weighted by molar-refractivity contribution is 5.50. The molecule has 0 spiro atoms. The van der Waals surface area contributed by atoms with Crippen LogP contribution in [0.1, 0.15) is 25.6 Å². The zero-order chi connectivity index (χ0) is 14.7. The van der Waals surface area contributed by atoms with Gasteiger partial charge >= 0.3 is 0 Å². The van der Waals surface area contributed by atoms with E-state index in [1.165, 1.54) is 19.4 Å². The molecule has 1 atom stereocenters. The van der Waals surface area contributed by atoms with Crippen LogP contribution in [-0.2, 0) is 11.3 Å². The molecule has 0 aliphatic carbocycles. The molecule has 3 heterocycles. The second-order valence-electron chi connectivity index (χ2n) is 5.77. The number of methoxy groups -OCH3 is 1. The maximum absolute atomic E-state index is 5.19. The normalized spacial score (nSPS) is 22.4. The summed E-state index contributed by atoms with van der Waals surface area (Å²) < 4.78 is 5.19. The highest BCUT2D eigenvalue weighted by atomic mass is 16.5. The second-order valence-corrected chi connectivity index (χ2v) is 5.77. The van der Waals surface area contributed by atoms with Gasteiger partial charge in [-0.05, 0) is 26.3 Å². The summed E-state index contributed by atoms with van der Waals surface area (Å²) in [6.45, 7) is 7.93. The van der Waals surface area contributed by atoms with E-state index in [1.54, 1.807) is 7.11 Å². The molecular weight excluding hydrogens is 266 g/mol. The number of fused-ring (bicyclic) bond motifs is 1. The molecule has 0 saturated carbocycles. The van der Waals surface area contributed by atoms with Gasteiger partial charge in [-0.15, -0.1) is 0 Å². The maximum Gasteiger partial charge on any atom is 0.158 e. The molecule has 0 bridgehead atoms. The predicted molar refractivity (Wildman–Crippen MR) is 83.7 cm³/mol. The minimum absolute atomic E-state index is 0.454.